The maximum absolute atomic E-state index is 13.0. The van der Waals surface area contributed by atoms with E-state index in [9.17, 15) is 39.9 Å². The predicted octanol–water partition coefficient (Wildman–Crippen LogP) is 4.01. The van der Waals surface area contributed by atoms with Crippen molar-refractivity contribution in [2.45, 2.75) is 44.1 Å². The van der Waals surface area contributed by atoms with Crippen LogP contribution in [0.2, 0.25) is 0 Å². The minimum absolute atomic E-state index is 0.661. The Bertz CT molecular complexity index is 374. The van der Waals surface area contributed by atoms with Crippen molar-refractivity contribution in [3.05, 3.63) is 12.2 Å². The molecule has 118 valence electrons. The average Bonchev–Trinajstić information content (AvgIpc) is 2.23. The van der Waals surface area contributed by atoms with Crippen molar-refractivity contribution in [2.24, 2.45) is 0 Å². The van der Waals surface area contributed by atoms with Crippen LogP contribution < -0.4 is 0 Å². The predicted molar refractivity (Wildman–Crippen MR) is 51.0 cm³/mol. The summed E-state index contributed by atoms with van der Waals surface area (Å²) >= 11 is 0. The van der Waals surface area contributed by atoms with E-state index in [-0.39, 0.29) is 0 Å². The lowest BCUT2D eigenvalue weighted by atomic mass is 10.1. The number of carbonyl (C=O) groups is 1. The summed E-state index contributed by atoms with van der Waals surface area (Å²) in [6.45, 7) is 3.71. The van der Waals surface area contributed by atoms with E-state index < -0.39 is 48.8 Å². The molecule has 0 aromatic heterocycles. The van der Waals surface area contributed by atoms with E-state index in [1.54, 1.807) is 0 Å². The minimum atomic E-state index is -5.59. The van der Waals surface area contributed by atoms with Crippen LogP contribution in [0.25, 0.3) is 0 Å². The van der Waals surface area contributed by atoms with Crippen molar-refractivity contribution in [1.82, 2.24) is 0 Å². The second-order valence-corrected chi connectivity index (χ2v) is 3.93. The zero-order valence-electron chi connectivity index (χ0n) is 10.0. The lowest BCUT2D eigenvalue weighted by Crippen LogP contribution is -2.50. The monoisotopic (exact) mass is 314 g/mol. The zero-order valence-corrected chi connectivity index (χ0v) is 10.0. The number of hydrogen-bond acceptors (Lipinski definition) is 2. The van der Waals surface area contributed by atoms with Crippen molar-refractivity contribution in [3.8, 4) is 0 Å². The van der Waals surface area contributed by atoms with Gasteiger partial charge in [-0.2, -0.15) is 30.7 Å². The highest BCUT2D eigenvalue weighted by Crippen LogP contribution is 2.42. The second kappa shape index (κ2) is 5.96. The van der Waals surface area contributed by atoms with Gasteiger partial charge in [-0.15, -0.1) is 0 Å². The Morgan fingerprint density at radius 2 is 1.60 bits per heavy atom. The molecule has 0 N–H and O–H groups in total. The Balaban J connectivity index is 4.90. The van der Waals surface area contributed by atoms with Crippen molar-refractivity contribution in [1.29, 1.82) is 0 Å². The summed E-state index contributed by atoms with van der Waals surface area (Å²) in [5.41, 5.74) is -0.661. The first-order chi connectivity index (χ1) is 8.71. The van der Waals surface area contributed by atoms with Crippen LogP contribution in [-0.2, 0) is 9.53 Å². The van der Waals surface area contributed by atoms with Crippen LogP contribution in [-0.4, -0.2) is 30.3 Å². The van der Waals surface area contributed by atoms with Crippen molar-refractivity contribution in [2.75, 3.05) is 0 Å². The Morgan fingerprint density at radius 1 is 1.15 bits per heavy atom. The molecule has 0 aliphatic rings. The largest absolute Gasteiger partial charge is 0.469 e. The molecular weight excluding hydrogens is 304 g/mol. The first-order valence-electron chi connectivity index (χ1n) is 5.06. The van der Waals surface area contributed by atoms with Crippen LogP contribution >= 0.6 is 0 Å². The van der Waals surface area contributed by atoms with Crippen LogP contribution in [0.15, 0.2) is 12.2 Å². The van der Waals surface area contributed by atoms with Gasteiger partial charge in [0.2, 0.25) is 0 Å². The summed E-state index contributed by atoms with van der Waals surface area (Å²) < 4.78 is 103. The molecule has 2 nitrogen and oxygen atoms in total. The second-order valence-electron chi connectivity index (χ2n) is 3.93. The molecule has 0 aliphatic heterocycles. The van der Waals surface area contributed by atoms with Crippen LogP contribution in [0.5, 0.6) is 0 Å². The van der Waals surface area contributed by atoms with Crippen LogP contribution in [0, 0.1) is 0 Å². The van der Waals surface area contributed by atoms with E-state index in [4.69, 9.17) is 0 Å². The van der Waals surface area contributed by atoms with Gasteiger partial charge in [0.25, 0.3) is 0 Å². The molecular formula is C10H10F8O2. The normalized spacial score (nSPS) is 14.8. The summed E-state index contributed by atoms with van der Waals surface area (Å²) in [5, 5.41) is 0. The number of esters is 1. The van der Waals surface area contributed by atoms with Crippen LogP contribution in [0.3, 0.4) is 0 Å². The van der Waals surface area contributed by atoms with Gasteiger partial charge in [0.05, 0.1) is 0 Å². The first-order valence-corrected chi connectivity index (χ1v) is 5.06. The molecule has 10 heteroatoms. The molecule has 0 heterocycles. The van der Waals surface area contributed by atoms with E-state index in [0.29, 0.717) is 0 Å². The maximum Gasteiger partial charge on any atom is 0.469 e. The molecule has 20 heavy (non-hydrogen) atoms. The number of hydrogen-bond donors (Lipinski definition) is 0. The Kier molecular flexibility index (Phi) is 5.56. The van der Waals surface area contributed by atoms with Gasteiger partial charge in [-0.25, -0.2) is 9.18 Å². The van der Waals surface area contributed by atoms with E-state index in [1.807, 2.05) is 0 Å². The molecule has 0 fully saturated rings. The van der Waals surface area contributed by atoms with Gasteiger partial charge in [0.15, 0.2) is 6.17 Å². The highest BCUT2D eigenvalue weighted by molar-refractivity contribution is 5.87. The standard InChI is InChI=1S/C10H10F8O2/c1-5(2)7(19)20-10(17,18)9(15,16)6(11)3-4-8(12,13)14/h6H,1,3-4H2,2H3. The lowest BCUT2D eigenvalue weighted by molar-refractivity contribution is -0.346. The smallest absolute Gasteiger partial charge is 0.393 e. The third-order valence-corrected chi connectivity index (χ3v) is 2.03. The molecule has 0 rings (SSSR count). The Morgan fingerprint density at radius 3 is 1.95 bits per heavy atom. The summed E-state index contributed by atoms with van der Waals surface area (Å²) in [6.07, 6.45) is -18.3. The van der Waals surface area contributed by atoms with Crippen molar-refractivity contribution < 1.29 is 44.7 Å². The minimum Gasteiger partial charge on any atom is -0.393 e. The Labute approximate surface area is 108 Å². The van der Waals surface area contributed by atoms with E-state index >= 15 is 0 Å². The molecule has 0 spiro atoms. The molecule has 0 aliphatic carbocycles. The van der Waals surface area contributed by atoms with E-state index in [1.165, 1.54) is 0 Å². The molecule has 1 unspecified atom stereocenters. The van der Waals surface area contributed by atoms with Gasteiger partial charge >= 0.3 is 24.2 Å². The third-order valence-electron chi connectivity index (χ3n) is 2.03. The van der Waals surface area contributed by atoms with Crippen molar-refractivity contribution >= 4 is 5.97 Å². The molecule has 0 aromatic carbocycles. The third kappa shape index (κ3) is 4.97. The highest BCUT2D eigenvalue weighted by atomic mass is 19.4. The first kappa shape index (κ1) is 18.7. The van der Waals surface area contributed by atoms with Gasteiger partial charge in [-0.05, 0) is 13.3 Å². The average molecular weight is 314 g/mol. The molecule has 0 amide bonds. The summed E-state index contributed by atoms with van der Waals surface area (Å²) in [6, 6.07) is 0. The van der Waals surface area contributed by atoms with Gasteiger partial charge in [0, 0.05) is 12.0 Å². The molecule has 0 aromatic rings. The number of alkyl halides is 8. The van der Waals surface area contributed by atoms with Crippen LogP contribution in [0.4, 0.5) is 35.1 Å². The summed E-state index contributed by atoms with van der Waals surface area (Å²) in [5.74, 6) is -7.51. The fourth-order valence-electron chi connectivity index (χ4n) is 0.926. The fraction of sp³-hybridized carbons (Fsp3) is 0.700. The SMILES string of the molecule is C=C(C)C(=O)OC(F)(F)C(F)(F)C(F)CCC(F)(F)F. The number of halogens is 8. The molecule has 0 bridgehead atoms. The number of ether oxygens (including phenoxy) is 1. The van der Waals surface area contributed by atoms with Gasteiger partial charge in [0.1, 0.15) is 0 Å². The summed E-state index contributed by atoms with van der Waals surface area (Å²) in [7, 11) is 0. The quantitative estimate of drug-likeness (QED) is 0.420. The van der Waals surface area contributed by atoms with Gasteiger partial charge < -0.3 is 4.74 Å². The summed E-state index contributed by atoms with van der Waals surface area (Å²) in [4.78, 5) is 10.7. The molecule has 0 saturated carbocycles. The van der Waals surface area contributed by atoms with E-state index in [0.717, 1.165) is 6.92 Å². The van der Waals surface area contributed by atoms with Gasteiger partial charge in [-0.1, -0.05) is 6.58 Å². The Hall–Kier alpha value is -1.35. The van der Waals surface area contributed by atoms with Gasteiger partial charge in [-0.3, -0.25) is 0 Å². The fourth-order valence-corrected chi connectivity index (χ4v) is 0.926. The van der Waals surface area contributed by atoms with Crippen LogP contribution in [0.1, 0.15) is 19.8 Å². The topological polar surface area (TPSA) is 26.3 Å². The highest BCUT2D eigenvalue weighted by Gasteiger charge is 2.65. The lowest BCUT2D eigenvalue weighted by Gasteiger charge is -2.28. The zero-order chi connectivity index (χ0) is 16.4. The molecule has 0 radical (unpaired) electrons. The van der Waals surface area contributed by atoms with Crippen molar-refractivity contribution in [3.63, 3.8) is 0 Å². The molecule has 1 atom stereocenters. The maximum atomic E-state index is 13.0. The van der Waals surface area contributed by atoms with E-state index in [2.05, 4.69) is 11.3 Å². The number of carbonyl (C=O) groups excluding carboxylic acids is 1. The number of rotatable bonds is 6. The molecule has 0 saturated heterocycles.